The Kier molecular flexibility index (Phi) is 6.19. The topological polar surface area (TPSA) is 104 Å². The molecule has 0 radical (unpaired) electrons. The fourth-order valence-corrected chi connectivity index (χ4v) is 4.01. The van der Waals surface area contributed by atoms with Crippen LogP contribution in [-0.2, 0) is 4.79 Å². The molecule has 1 aromatic heterocycles. The summed E-state index contributed by atoms with van der Waals surface area (Å²) in [6.07, 6.45) is 0. The monoisotopic (exact) mass is 477 g/mol. The van der Waals surface area contributed by atoms with Crippen molar-refractivity contribution in [3.8, 4) is 22.8 Å². The molecular weight excluding hydrogens is 454 g/mol. The molecule has 5 rings (SSSR count). The number of aromatic nitrogens is 1. The highest BCUT2D eigenvalue weighted by molar-refractivity contribution is 6.13. The molecule has 7 nitrogen and oxygen atoms in total. The number of rotatable bonds is 7. The molecule has 7 heteroatoms. The molecule has 0 unspecified atom stereocenters. The van der Waals surface area contributed by atoms with Crippen LogP contribution in [0.4, 0.5) is 5.69 Å². The van der Waals surface area contributed by atoms with Crippen molar-refractivity contribution in [1.82, 2.24) is 4.98 Å². The fraction of sp³-hybridized carbons (Fsp3) is 0.0690. The Bertz CT molecular complexity index is 1600. The molecule has 0 spiro atoms. The number of fused-ring (bicyclic) bond motifs is 2. The van der Waals surface area contributed by atoms with E-state index in [0.717, 1.165) is 33.0 Å². The molecule has 0 saturated carbocycles. The Labute approximate surface area is 207 Å². The van der Waals surface area contributed by atoms with Crippen molar-refractivity contribution in [1.29, 1.82) is 0 Å². The molecule has 4 aromatic carbocycles. The zero-order valence-electron chi connectivity index (χ0n) is 19.5. The Morgan fingerprint density at radius 2 is 1.58 bits per heavy atom. The summed E-state index contributed by atoms with van der Waals surface area (Å²) in [6.45, 7) is -0.209. The van der Waals surface area contributed by atoms with E-state index in [1.54, 1.807) is 31.4 Å². The first-order valence-electron chi connectivity index (χ1n) is 11.3. The molecule has 2 amide bonds. The molecule has 0 saturated heterocycles. The maximum atomic E-state index is 13.3. The second-order valence-corrected chi connectivity index (χ2v) is 8.23. The summed E-state index contributed by atoms with van der Waals surface area (Å²) in [5, 5.41) is 5.80. The van der Waals surface area contributed by atoms with Crippen LogP contribution in [0.1, 0.15) is 10.4 Å². The average Bonchev–Trinajstić information content (AvgIpc) is 2.91. The highest BCUT2D eigenvalue weighted by atomic mass is 16.5. The minimum atomic E-state index is -0.557. The van der Waals surface area contributed by atoms with Crippen LogP contribution < -0.4 is 20.5 Å². The first-order valence-corrected chi connectivity index (χ1v) is 11.3. The molecule has 5 aromatic rings. The number of nitrogens with zero attached hydrogens (tertiary/aromatic N) is 1. The molecule has 0 atom stereocenters. The standard InChI is InChI=1S/C29H23N3O4/c1-35-23-11-8-18-14-20(7-6-19(18)15-23)27-16-25(24-4-2-3-5-26(24)32-27)29(34)31-21-9-12-22(13-10-21)36-17-28(30)33/h2-16H,17H2,1H3,(H2,30,33)(H,31,34). The van der Waals surface area contributed by atoms with Crippen LogP contribution in [0.15, 0.2) is 91.0 Å². The smallest absolute Gasteiger partial charge is 0.256 e. The van der Waals surface area contributed by atoms with E-state index in [9.17, 15) is 9.59 Å². The van der Waals surface area contributed by atoms with Crippen LogP contribution in [0.25, 0.3) is 32.9 Å². The van der Waals surface area contributed by atoms with Crippen molar-refractivity contribution in [3.05, 3.63) is 96.6 Å². The van der Waals surface area contributed by atoms with E-state index in [1.165, 1.54) is 0 Å². The number of ether oxygens (including phenoxy) is 2. The maximum absolute atomic E-state index is 13.3. The second kappa shape index (κ2) is 9.76. The number of carbonyl (C=O) groups is 2. The molecule has 36 heavy (non-hydrogen) atoms. The molecule has 3 N–H and O–H groups in total. The van der Waals surface area contributed by atoms with Crippen molar-refractivity contribution in [2.75, 3.05) is 19.0 Å². The quantitative estimate of drug-likeness (QED) is 0.336. The van der Waals surface area contributed by atoms with Crippen LogP contribution in [0.5, 0.6) is 11.5 Å². The number of primary amides is 1. The fourth-order valence-electron chi connectivity index (χ4n) is 4.01. The van der Waals surface area contributed by atoms with E-state index in [2.05, 4.69) is 11.4 Å². The number of pyridine rings is 1. The van der Waals surface area contributed by atoms with Crippen LogP contribution in [0, 0.1) is 0 Å². The number of hydrogen-bond donors (Lipinski definition) is 2. The van der Waals surface area contributed by atoms with Gasteiger partial charge in [-0.1, -0.05) is 36.4 Å². The Morgan fingerprint density at radius 1 is 0.861 bits per heavy atom. The highest BCUT2D eigenvalue weighted by Crippen LogP contribution is 2.29. The minimum Gasteiger partial charge on any atom is -0.497 e. The number of methoxy groups -OCH3 is 1. The second-order valence-electron chi connectivity index (χ2n) is 8.23. The highest BCUT2D eigenvalue weighted by Gasteiger charge is 2.15. The first-order chi connectivity index (χ1) is 17.5. The van der Waals surface area contributed by atoms with Crippen LogP contribution in [0.3, 0.4) is 0 Å². The van der Waals surface area contributed by atoms with Crippen molar-refractivity contribution in [2.45, 2.75) is 0 Å². The minimum absolute atomic E-state index is 0.209. The third kappa shape index (κ3) is 4.81. The molecule has 0 aliphatic rings. The third-order valence-electron chi connectivity index (χ3n) is 5.80. The Morgan fingerprint density at radius 3 is 2.36 bits per heavy atom. The average molecular weight is 478 g/mol. The number of nitrogens with two attached hydrogens (primary N) is 1. The lowest BCUT2D eigenvalue weighted by atomic mass is 10.0. The third-order valence-corrected chi connectivity index (χ3v) is 5.80. The van der Waals surface area contributed by atoms with Crippen molar-refractivity contribution in [2.24, 2.45) is 5.73 Å². The number of carbonyl (C=O) groups excluding carboxylic acids is 2. The lowest BCUT2D eigenvalue weighted by Gasteiger charge is -2.12. The number of benzene rings is 4. The molecule has 0 aliphatic heterocycles. The molecular formula is C29H23N3O4. The van der Waals surface area contributed by atoms with E-state index in [4.69, 9.17) is 20.2 Å². The van der Waals surface area contributed by atoms with Gasteiger partial charge in [-0.3, -0.25) is 9.59 Å². The van der Waals surface area contributed by atoms with E-state index < -0.39 is 5.91 Å². The van der Waals surface area contributed by atoms with E-state index in [-0.39, 0.29) is 12.5 Å². The van der Waals surface area contributed by atoms with Gasteiger partial charge in [0, 0.05) is 16.6 Å². The van der Waals surface area contributed by atoms with Gasteiger partial charge in [-0.05, 0) is 65.4 Å². The van der Waals surface area contributed by atoms with Crippen molar-refractivity contribution >= 4 is 39.2 Å². The zero-order chi connectivity index (χ0) is 25.1. The van der Waals surface area contributed by atoms with Gasteiger partial charge >= 0.3 is 0 Å². The number of anilines is 1. The van der Waals surface area contributed by atoms with Gasteiger partial charge in [0.1, 0.15) is 11.5 Å². The van der Waals surface area contributed by atoms with Gasteiger partial charge in [-0.15, -0.1) is 0 Å². The van der Waals surface area contributed by atoms with Gasteiger partial charge in [-0.25, -0.2) is 4.98 Å². The number of amides is 2. The van der Waals surface area contributed by atoms with Gasteiger partial charge in [0.05, 0.1) is 23.9 Å². The number of para-hydroxylation sites is 1. The van der Waals surface area contributed by atoms with E-state index in [0.29, 0.717) is 22.7 Å². The number of hydrogen-bond acceptors (Lipinski definition) is 5. The summed E-state index contributed by atoms with van der Waals surface area (Å²) in [5.74, 6) is 0.466. The Balaban J connectivity index is 1.48. The molecule has 0 bridgehead atoms. The normalized spacial score (nSPS) is 10.8. The molecule has 0 aliphatic carbocycles. The predicted octanol–water partition coefficient (Wildman–Crippen LogP) is 5.18. The number of nitrogens with one attached hydrogen (secondary N) is 1. The molecule has 1 heterocycles. The first kappa shape index (κ1) is 22.9. The van der Waals surface area contributed by atoms with E-state index >= 15 is 0 Å². The summed E-state index contributed by atoms with van der Waals surface area (Å²) >= 11 is 0. The van der Waals surface area contributed by atoms with Gasteiger partial charge in [0.15, 0.2) is 6.61 Å². The molecule has 178 valence electrons. The summed E-state index contributed by atoms with van der Waals surface area (Å²) in [7, 11) is 1.65. The van der Waals surface area contributed by atoms with Gasteiger partial charge in [-0.2, -0.15) is 0 Å². The zero-order valence-corrected chi connectivity index (χ0v) is 19.5. The van der Waals surface area contributed by atoms with Gasteiger partial charge in [0.2, 0.25) is 0 Å². The lowest BCUT2D eigenvalue weighted by molar-refractivity contribution is -0.119. The van der Waals surface area contributed by atoms with Crippen molar-refractivity contribution < 1.29 is 19.1 Å². The Hall–Kier alpha value is -4.91. The molecule has 0 fully saturated rings. The summed E-state index contributed by atoms with van der Waals surface area (Å²) < 4.78 is 10.6. The summed E-state index contributed by atoms with van der Waals surface area (Å²) in [5.41, 5.74) is 8.55. The maximum Gasteiger partial charge on any atom is 0.256 e. The summed E-state index contributed by atoms with van der Waals surface area (Å²) in [4.78, 5) is 29.1. The largest absolute Gasteiger partial charge is 0.497 e. The van der Waals surface area contributed by atoms with E-state index in [1.807, 2.05) is 60.7 Å². The SMILES string of the molecule is COc1ccc2cc(-c3cc(C(=O)Nc4ccc(OCC(N)=O)cc4)c4ccccc4n3)ccc2c1. The van der Waals surface area contributed by atoms with Gasteiger partial charge < -0.3 is 20.5 Å². The van der Waals surface area contributed by atoms with Crippen LogP contribution >= 0.6 is 0 Å². The van der Waals surface area contributed by atoms with Crippen LogP contribution in [-0.4, -0.2) is 30.5 Å². The van der Waals surface area contributed by atoms with Crippen LogP contribution in [0.2, 0.25) is 0 Å². The summed E-state index contributed by atoms with van der Waals surface area (Å²) in [6, 6.07) is 28.1. The predicted molar refractivity (Wildman–Crippen MR) is 140 cm³/mol. The van der Waals surface area contributed by atoms with Crippen molar-refractivity contribution in [3.63, 3.8) is 0 Å². The van der Waals surface area contributed by atoms with Gasteiger partial charge in [0.25, 0.3) is 11.8 Å². The lowest BCUT2D eigenvalue weighted by Crippen LogP contribution is -2.20.